The molecule has 4 nitrogen and oxygen atoms in total. The summed E-state index contributed by atoms with van der Waals surface area (Å²) in [6.45, 7) is 1.60. The molecule has 0 aromatic heterocycles. The molecule has 0 unspecified atom stereocenters. The molecule has 21 heavy (non-hydrogen) atoms. The molecule has 0 saturated heterocycles. The smallest absolute Gasteiger partial charge is 0.121 e. The third-order valence-corrected chi connectivity index (χ3v) is 3.59. The normalized spacial score (nSPS) is 16.0. The first-order chi connectivity index (χ1) is 10.2. The Morgan fingerprint density at radius 2 is 2.10 bits per heavy atom. The maximum atomic E-state index is 5.79. The molecule has 0 bridgehead atoms. The number of ether oxygens (including phenoxy) is 1. The summed E-state index contributed by atoms with van der Waals surface area (Å²) < 4.78 is 5.79. The fourth-order valence-corrected chi connectivity index (χ4v) is 2.44. The Hall–Kier alpha value is -2.20. The lowest BCUT2D eigenvalue weighted by atomic mass is 9.99. The highest BCUT2D eigenvalue weighted by atomic mass is 16.5. The van der Waals surface area contributed by atoms with Gasteiger partial charge in [-0.3, -0.25) is 0 Å². The summed E-state index contributed by atoms with van der Waals surface area (Å²) in [5.41, 5.74) is 11.3. The molecule has 0 spiro atoms. The Bertz CT molecular complexity index is 614. The van der Waals surface area contributed by atoms with Crippen molar-refractivity contribution in [2.24, 2.45) is 0 Å². The molecular weight excluding hydrogens is 262 g/mol. The van der Waals surface area contributed by atoms with E-state index in [9.17, 15) is 0 Å². The van der Waals surface area contributed by atoms with Crippen molar-refractivity contribution in [2.75, 3.05) is 32.7 Å². The highest BCUT2D eigenvalue weighted by molar-refractivity contribution is 5.87. The van der Waals surface area contributed by atoms with Gasteiger partial charge in [0.15, 0.2) is 0 Å². The second-order valence-electron chi connectivity index (χ2n) is 5.49. The van der Waals surface area contributed by atoms with Crippen LogP contribution in [0.4, 0.5) is 5.69 Å². The summed E-state index contributed by atoms with van der Waals surface area (Å²) in [5.74, 6) is 0.893. The number of rotatable bonds is 4. The van der Waals surface area contributed by atoms with E-state index in [1.807, 2.05) is 26.2 Å². The lowest BCUT2D eigenvalue weighted by molar-refractivity contribution is 0.261. The van der Waals surface area contributed by atoms with E-state index in [4.69, 9.17) is 4.74 Å². The van der Waals surface area contributed by atoms with Crippen LogP contribution in [0.1, 0.15) is 12.0 Å². The van der Waals surface area contributed by atoms with Crippen LogP contribution in [0.3, 0.4) is 0 Å². The van der Waals surface area contributed by atoms with Crippen LogP contribution in [0, 0.1) is 0 Å². The molecule has 0 amide bonds. The highest BCUT2D eigenvalue weighted by Crippen LogP contribution is 2.34. The predicted molar refractivity (Wildman–Crippen MR) is 87.1 cm³/mol. The lowest BCUT2D eigenvalue weighted by Gasteiger charge is -2.24. The van der Waals surface area contributed by atoms with Crippen molar-refractivity contribution in [3.05, 3.63) is 53.8 Å². The van der Waals surface area contributed by atoms with Gasteiger partial charge in [-0.15, -0.1) is 0 Å². The Kier molecular flexibility index (Phi) is 3.97. The predicted octanol–water partition coefficient (Wildman–Crippen LogP) is 2.78. The number of hydrogen-bond acceptors (Lipinski definition) is 4. The number of hydrogen-bond donors (Lipinski definition) is 2. The maximum Gasteiger partial charge on any atom is 0.121 e. The summed E-state index contributed by atoms with van der Waals surface area (Å²) in [4.78, 5) is 2.11. The minimum absolute atomic E-state index is 0.691. The van der Waals surface area contributed by atoms with Gasteiger partial charge in [0.2, 0.25) is 0 Å². The second-order valence-corrected chi connectivity index (χ2v) is 5.49. The fourth-order valence-electron chi connectivity index (χ4n) is 2.44. The van der Waals surface area contributed by atoms with E-state index >= 15 is 0 Å². The van der Waals surface area contributed by atoms with Crippen molar-refractivity contribution >= 4 is 11.3 Å². The third kappa shape index (κ3) is 3.11. The number of hydrazine groups is 1. The molecule has 110 valence electrons. The minimum atomic E-state index is 0.691. The molecule has 1 aromatic rings. The van der Waals surface area contributed by atoms with Gasteiger partial charge in [0.1, 0.15) is 12.4 Å². The molecule has 3 rings (SSSR count). The number of fused-ring (bicyclic) bond motifs is 2. The van der Waals surface area contributed by atoms with Crippen molar-refractivity contribution in [1.82, 2.24) is 10.3 Å². The fraction of sp³-hybridized carbons (Fsp3) is 0.294. The molecule has 0 radical (unpaired) electrons. The zero-order valence-corrected chi connectivity index (χ0v) is 12.5. The van der Waals surface area contributed by atoms with Crippen LogP contribution in [0.15, 0.2) is 48.2 Å². The summed E-state index contributed by atoms with van der Waals surface area (Å²) in [6.07, 6.45) is 9.38. The summed E-state index contributed by atoms with van der Waals surface area (Å²) >= 11 is 0. The topological polar surface area (TPSA) is 36.5 Å². The van der Waals surface area contributed by atoms with E-state index in [1.165, 1.54) is 16.8 Å². The van der Waals surface area contributed by atoms with Crippen LogP contribution in [-0.2, 0) is 0 Å². The first-order valence-corrected chi connectivity index (χ1v) is 7.24. The molecule has 4 heteroatoms. The Balaban J connectivity index is 1.80. The average Bonchev–Trinajstić information content (AvgIpc) is 2.72. The lowest BCUT2D eigenvalue weighted by Crippen LogP contribution is -2.26. The number of nitrogens with zero attached hydrogens (tertiary/aromatic N) is 1. The molecular formula is C17H21N3O. The molecule has 2 N–H and O–H groups in total. The average molecular weight is 283 g/mol. The Morgan fingerprint density at radius 3 is 2.95 bits per heavy atom. The van der Waals surface area contributed by atoms with E-state index in [0.717, 1.165) is 24.4 Å². The third-order valence-electron chi connectivity index (χ3n) is 3.59. The van der Waals surface area contributed by atoms with E-state index in [2.05, 4.69) is 46.1 Å². The van der Waals surface area contributed by atoms with Crippen LogP contribution in [0.2, 0.25) is 0 Å². The molecule has 2 aliphatic rings. The van der Waals surface area contributed by atoms with Gasteiger partial charge < -0.3 is 20.5 Å². The van der Waals surface area contributed by atoms with E-state index in [0.29, 0.717) is 6.61 Å². The summed E-state index contributed by atoms with van der Waals surface area (Å²) in [6, 6.07) is 6.21. The van der Waals surface area contributed by atoms with Gasteiger partial charge in [-0.1, -0.05) is 24.3 Å². The van der Waals surface area contributed by atoms with Crippen molar-refractivity contribution in [1.29, 1.82) is 0 Å². The van der Waals surface area contributed by atoms with Crippen LogP contribution < -0.4 is 15.6 Å². The van der Waals surface area contributed by atoms with Gasteiger partial charge in [-0.05, 0) is 26.2 Å². The SMILES string of the molecule is CN(C)CCOc1ccc2c(c1)NNC1=C2C=CC=CC1. The Morgan fingerprint density at radius 1 is 1.19 bits per heavy atom. The van der Waals surface area contributed by atoms with Gasteiger partial charge in [0.25, 0.3) is 0 Å². The maximum absolute atomic E-state index is 5.79. The largest absolute Gasteiger partial charge is 0.492 e. The van der Waals surface area contributed by atoms with Crippen LogP contribution in [0.5, 0.6) is 5.75 Å². The first-order valence-electron chi connectivity index (χ1n) is 7.24. The van der Waals surface area contributed by atoms with Crippen molar-refractivity contribution in [2.45, 2.75) is 6.42 Å². The summed E-state index contributed by atoms with van der Waals surface area (Å²) in [7, 11) is 4.09. The Labute approximate surface area is 125 Å². The zero-order valence-electron chi connectivity index (χ0n) is 12.5. The monoisotopic (exact) mass is 283 g/mol. The van der Waals surface area contributed by atoms with E-state index in [1.54, 1.807) is 0 Å². The van der Waals surface area contributed by atoms with Crippen molar-refractivity contribution in [3.63, 3.8) is 0 Å². The molecule has 0 saturated carbocycles. The number of likely N-dealkylation sites (N-methyl/N-ethyl adjacent to an activating group) is 1. The molecule has 1 heterocycles. The van der Waals surface area contributed by atoms with E-state index in [-0.39, 0.29) is 0 Å². The number of benzene rings is 1. The zero-order chi connectivity index (χ0) is 14.7. The molecule has 0 atom stereocenters. The first kappa shape index (κ1) is 13.8. The van der Waals surface area contributed by atoms with Crippen molar-refractivity contribution in [3.8, 4) is 5.75 Å². The summed E-state index contributed by atoms with van der Waals surface area (Å²) in [5, 5.41) is 0. The molecule has 0 fully saturated rings. The minimum Gasteiger partial charge on any atom is -0.492 e. The van der Waals surface area contributed by atoms with Crippen LogP contribution >= 0.6 is 0 Å². The second kappa shape index (κ2) is 6.06. The van der Waals surface area contributed by atoms with Crippen molar-refractivity contribution < 1.29 is 4.74 Å². The van der Waals surface area contributed by atoms with Gasteiger partial charge in [-0.25, -0.2) is 0 Å². The number of nitrogens with one attached hydrogen (secondary N) is 2. The standard InChI is InChI=1S/C17H21N3O/c1-20(2)10-11-21-13-8-9-15-14-6-4-3-5-7-16(14)18-19-17(15)12-13/h3-6,8-9,12,18-19H,7,10-11H2,1-2H3. The quantitative estimate of drug-likeness (QED) is 0.891. The van der Waals surface area contributed by atoms with Gasteiger partial charge in [0, 0.05) is 35.9 Å². The van der Waals surface area contributed by atoms with Crippen LogP contribution in [0.25, 0.3) is 5.57 Å². The van der Waals surface area contributed by atoms with Gasteiger partial charge in [0.05, 0.1) is 5.69 Å². The van der Waals surface area contributed by atoms with Gasteiger partial charge in [-0.2, -0.15) is 0 Å². The molecule has 1 aliphatic heterocycles. The number of allylic oxidation sites excluding steroid dienone is 5. The molecule has 1 aromatic carbocycles. The van der Waals surface area contributed by atoms with E-state index < -0.39 is 0 Å². The number of anilines is 1. The van der Waals surface area contributed by atoms with Crippen LogP contribution in [-0.4, -0.2) is 32.1 Å². The highest BCUT2D eigenvalue weighted by Gasteiger charge is 2.17. The molecule has 1 aliphatic carbocycles. The van der Waals surface area contributed by atoms with Gasteiger partial charge >= 0.3 is 0 Å².